The zero-order valence-corrected chi connectivity index (χ0v) is 18.8. The Balaban J connectivity index is 1.75. The van der Waals surface area contributed by atoms with Crippen LogP contribution in [0.25, 0.3) is 0 Å². The van der Waals surface area contributed by atoms with Crippen LogP contribution in [0.2, 0.25) is 5.02 Å². The Morgan fingerprint density at radius 1 is 1.21 bits per heavy atom. The predicted molar refractivity (Wildman–Crippen MR) is 118 cm³/mol. The normalized spacial score (nSPS) is 18.7. The molecule has 1 saturated carbocycles. The molecule has 1 fully saturated rings. The molecule has 1 atom stereocenters. The van der Waals surface area contributed by atoms with Crippen LogP contribution in [0, 0.1) is 11.8 Å². The minimum atomic E-state index is -4.69. The van der Waals surface area contributed by atoms with Crippen LogP contribution in [-0.2, 0) is 11.0 Å². The number of hydrogen-bond acceptors (Lipinski definition) is 4. The fraction of sp³-hybridized carbons (Fsp3) is 0.391. The monoisotopic (exact) mass is 484 g/mol. The quantitative estimate of drug-likeness (QED) is 0.468. The number of ether oxygens (including phenoxy) is 1. The fourth-order valence-electron chi connectivity index (χ4n) is 3.84. The molecule has 1 aliphatic rings. The second-order valence-corrected chi connectivity index (χ2v) is 8.53. The lowest BCUT2D eigenvalue weighted by Crippen LogP contribution is -2.38. The summed E-state index contributed by atoms with van der Waals surface area (Å²) in [5, 5.41) is 14.8. The van der Waals surface area contributed by atoms with Crippen LogP contribution in [-0.4, -0.2) is 30.6 Å². The van der Waals surface area contributed by atoms with E-state index in [0.29, 0.717) is 29.2 Å². The molecule has 3 rings (SSSR count). The molecular weight excluding hydrogens is 461 g/mol. The molecule has 0 saturated heterocycles. The van der Waals surface area contributed by atoms with Crippen molar-refractivity contribution in [3.8, 4) is 5.75 Å². The largest absolute Gasteiger partial charge is 0.496 e. The third-order valence-corrected chi connectivity index (χ3v) is 5.99. The number of halogens is 4. The van der Waals surface area contributed by atoms with E-state index in [4.69, 9.17) is 21.4 Å². The van der Waals surface area contributed by atoms with Gasteiger partial charge in [-0.05, 0) is 62.1 Å². The van der Waals surface area contributed by atoms with Crippen LogP contribution in [0.5, 0.6) is 5.75 Å². The topological polar surface area (TPSA) is 87.7 Å². The first-order valence-corrected chi connectivity index (χ1v) is 10.7. The van der Waals surface area contributed by atoms with Crippen molar-refractivity contribution in [2.24, 2.45) is 11.8 Å². The van der Waals surface area contributed by atoms with Gasteiger partial charge in [0.25, 0.3) is 5.91 Å². The van der Waals surface area contributed by atoms with Crippen molar-refractivity contribution in [3.05, 3.63) is 58.1 Å². The summed E-state index contributed by atoms with van der Waals surface area (Å²) < 4.78 is 46.6. The number of carbonyl (C=O) groups is 2. The number of aliphatic carboxylic acids is 1. The average Bonchev–Trinajstić information content (AvgIpc) is 2.71. The highest BCUT2D eigenvalue weighted by Gasteiger charge is 2.36. The molecule has 2 aromatic rings. The van der Waals surface area contributed by atoms with Crippen LogP contribution in [0.15, 0.2) is 36.4 Å². The van der Waals surface area contributed by atoms with Gasteiger partial charge in [0.1, 0.15) is 5.75 Å². The maximum atomic E-state index is 13.8. The minimum absolute atomic E-state index is 0.00611. The fourth-order valence-corrected chi connectivity index (χ4v) is 4.02. The first-order valence-electron chi connectivity index (χ1n) is 10.3. The highest BCUT2D eigenvalue weighted by Crippen LogP contribution is 2.38. The number of benzene rings is 2. The number of amides is 1. The summed E-state index contributed by atoms with van der Waals surface area (Å²) in [5.41, 5.74) is -0.704. The van der Waals surface area contributed by atoms with Crippen molar-refractivity contribution in [2.75, 3.05) is 19.0 Å². The van der Waals surface area contributed by atoms with Crippen molar-refractivity contribution in [3.63, 3.8) is 0 Å². The SMILES string of the molecule is COc1ccc(Cl)cc1[C@H](C)Nc1ccc(C(=O)NCC2CC(C(=O)O)C2)cc1C(F)(F)F. The summed E-state index contributed by atoms with van der Waals surface area (Å²) in [4.78, 5) is 23.3. The van der Waals surface area contributed by atoms with Crippen molar-refractivity contribution in [1.82, 2.24) is 5.32 Å². The minimum Gasteiger partial charge on any atom is -0.496 e. The summed E-state index contributed by atoms with van der Waals surface area (Å²) >= 11 is 6.03. The van der Waals surface area contributed by atoms with Crippen molar-refractivity contribution < 1.29 is 32.6 Å². The predicted octanol–water partition coefficient (Wildman–Crippen LogP) is 5.38. The molecule has 0 heterocycles. The first-order chi connectivity index (χ1) is 15.5. The van der Waals surface area contributed by atoms with E-state index < -0.39 is 35.6 Å². The lowest BCUT2D eigenvalue weighted by Gasteiger charge is -2.32. The molecule has 0 aliphatic heterocycles. The van der Waals surface area contributed by atoms with E-state index in [1.54, 1.807) is 25.1 Å². The maximum Gasteiger partial charge on any atom is 0.418 e. The van der Waals surface area contributed by atoms with Gasteiger partial charge in [0.2, 0.25) is 0 Å². The molecule has 178 valence electrons. The molecule has 1 amide bonds. The molecule has 6 nitrogen and oxygen atoms in total. The molecule has 3 N–H and O–H groups in total. The number of anilines is 1. The lowest BCUT2D eigenvalue weighted by atomic mass is 9.75. The smallest absolute Gasteiger partial charge is 0.418 e. The zero-order valence-electron chi connectivity index (χ0n) is 18.0. The van der Waals surface area contributed by atoms with Gasteiger partial charge in [0, 0.05) is 28.4 Å². The van der Waals surface area contributed by atoms with Crippen LogP contribution < -0.4 is 15.4 Å². The average molecular weight is 485 g/mol. The van der Waals surface area contributed by atoms with Crippen LogP contribution in [0.1, 0.15) is 47.3 Å². The summed E-state index contributed by atoms with van der Waals surface area (Å²) in [6, 6.07) is 7.64. The molecule has 10 heteroatoms. The molecule has 33 heavy (non-hydrogen) atoms. The number of nitrogens with one attached hydrogen (secondary N) is 2. The third-order valence-electron chi connectivity index (χ3n) is 5.75. The number of carbonyl (C=O) groups excluding carboxylic acids is 1. The molecule has 1 aliphatic carbocycles. The van der Waals surface area contributed by atoms with Crippen LogP contribution >= 0.6 is 11.6 Å². The van der Waals surface area contributed by atoms with Gasteiger partial charge in [-0.3, -0.25) is 9.59 Å². The van der Waals surface area contributed by atoms with E-state index in [0.717, 1.165) is 6.07 Å². The summed E-state index contributed by atoms with van der Waals surface area (Å²) in [6.45, 7) is 1.90. The Morgan fingerprint density at radius 3 is 2.52 bits per heavy atom. The number of rotatable bonds is 8. The summed E-state index contributed by atoms with van der Waals surface area (Å²) in [7, 11) is 1.46. The Kier molecular flexibility index (Phi) is 7.41. The van der Waals surface area contributed by atoms with Gasteiger partial charge >= 0.3 is 12.1 Å². The van der Waals surface area contributed by atoms with E-state index in [1.807, 2.05) is 0 Å². The van der Waals surface area contributed by atoms with Gasteiger partial charge in [-0.2, -0.15) is 13.2 Å². The van der Waals surface area contributed by atoms with Crippen LogP contribution in [0.4, 0.5) is 18.9 Å². The van der Waals surface area contributed by atoms with Crippen molar-refractivity contribution >= 4 is 29.2 Å². The molecule has 0 bridgehead atoms. The van der Waals surface area contributed by atoms with Gasteiger partial charge < -0.3 is 20.5 Å². The van der Waals surface area contributed by atoms with E-state index >= 15 is 0 Å². The van der Waals surface area contributed by atoms with E-state index in [-0.39, 0.29) is 23.7 Å². The van der Waals surface area contributed by atoms with Gasteiger partial charge in [0.15, 0.2) is 0 Å². The van der Waals surface area contributed by atoms with Gasteiger partial charge in [-0.25, -0.2) is 0 Å². The Bertz CT molecular complexity index is 1040. The molecule has 0 aromatic heterocycles. The van der Waals surface area contributed by atoms with Gasteiger partial charge in [0.05, 0.1) is 24.6 Å². The lowest BCUT2D eigenvalue weighted by molar-refractivity contribution is -0.146. The Labute approximate surface area is 194 Å². The van der Waals surface area contributed by atoms with Gasteiger partial charge in [-0.15, -0.1) is 0 Å². The highest BCUT2D eigenvalue weighted by molar-refractivity contribution is 6.30. The molecule has 2 aromatic carbocycles. The Morgan fingerprint density at radius 2 is 1.91 bits per heavy atom. The molecule has 0 unspecified atom stereocenters. The highest BCUT2D eigenvalue weighted by atomic mass is 35.5. The zero-order chi connectivity index (χ0) is 24.3. The number of carboxylic acids is 1. The number of hydrogen-bond donors (Lipinski definition) is 3. The van der Waals surface area contributed by atoms with E-state index in [1.165, 1.54) is 19.2 Å². The molecule has 0 spiro atoms. The van der Waals surface area contributed by atoms with Gasteiger partial charge in [-0.1, -0.05) is 11.6 Å². The summed E-state index contributed by atoms with van der Waals surface area (Å²) in [5.74, 6) is -1.46. The van der Waals surface area contributed by atoms with Crippen LogP contribution in [0.3, 0.4) is 0 Å². The third kappa shape index (κ3) is 5.90. The first kappa shape index (κ1) is 24.7. The standard InChI is InChI=1S/C23H24ClF3N2O4/c1-12(17-10-16(24)4-6-20(17)33-2)29-19-5-3-14(9-18(19)23(25,26)27)21(30)28-11-13-7-15(8-13)22(31)32/h3-6,9-10,12-13,15,29H,7-8,11H2,1-2H3,(H,28,30)(H,31,32)/t12-,13?,15?/m0/s1. The number of carboxylic acid groups (broad SMARTS) is 1. The van der Waals surface area contributed by atoms with E-state index in [9.17, 15) is 22.8 Å². The second-order valence-electron chi connectivity index (χ2n) is 8.09. The molecule has 0 radical (unpaired) electrons. The number of alkyl halides is 3. The second kappa shape index (κ2) is 9.91. The number of methoxy groups -OCH3 is 1. The summed E-state index contributed by atoms with van der Waals surface area (Å²) in [6.07, 6.45) is -3.81. The Hall–Kier alpha value is -2.94. The van der Waals surface area contributed by atoms with Crippen molar-refractivity contribution in [2.45, 2.75) is 32.0 Å². The van der Waals surface area contributed by atoms with E-state index in [2.05, 4.69) is 10.6 Å². The molecular formula is C23H24ClF3N2O4. The van der Waals surface area contributed by atoms with Crippen molar-refractivity contribution in [1.29, 1.82) is 0 Å². The maximum absolute atomic E-state index is 13.8.